The molecule has 3 rings (SSSR count). The molecule has 0 aliphatic rings. The third kappa shape index (κ3) is 3.45. The van der Waals surface area contributed by atoms with Crippen LogP contribution in [0.25, 0.3) is 0 Å². The molecule has 6 heteroatoms. The predicted octanol–water partition coefficient (Wildman–Crippen LogP) is 4.36. The van der Waals surface area contributed by atoms with Gasteiger partial charge < -0.3 is 0 Å². The van der Waals surface area contributed by atoms with Crippen molar-refractivity contribution in [1.82, 2.24) is 9.97 Å². The Kier molecular flexibility index (Phi) is 4.23. The quantitative estimate of drug-likeness (QED) is 0.530. The summed E-state index contributed by atoms with van der Waals surface area (Å²) in [5.74, 6) is 0.759. The summed E-state index contributed by atoms with van der Waals surface area (Å²) in [7, 11) is 0. The molecule has 0 unspecified atom stereocenters. The van der Waals surface area contributed by atoms with Crippen LogP contribution >= 0.6 is 22.9 Å². The van der Waals surface area contributed by atoms with Crippen molar-refractivity contribution >= 4 is 40.7 Å². The van der Waals surface area contributed by atoms with E-state index in [9.17, 15) is 0 Å². The van der Waals surface area contributed by atoms with E-state index in [0.29, 0.717) is 5.02 Å². The van der Waals surface area contributed by atoms with Gasteiger partial charge in [0.15, 0.2) is 5.82 Å². The zero-order chi connectivity index (χ0) is 14.5. The number of rotatable bonds is 4. The molecule has 0 radical (unpaired) electrons. The number of anilines is 2. The summed E-state index contributed by atoms with van der Waals surface area (Å²) in [6.45, 7) is 0. The van der Waals surface area contributed by atoms with Gasteiger partial charge in [-0.1, -0.05) is 17.7 Å². The van der Waals surface area contributed by atoms with E-state index in [2.05, 4.69) is 15.1 Å². The van der Waals surface area contributed by atoms with E-state index in [4.69, 9.17) is 11.6 Å². The van der Waals surface area contributed by atoms with Crippen LogP contribution in [0.1, 0.15) is 5.69 Å². The number of benzene rings is 1. The number of aromatic nitrogens is 2. The van der Waals surface area contributed by atoms with Crippen LogP contribution in [0.2, 0.25) is 5.02 Å². The van der Waals surface area contributed by atoms with E-state index in [-0.39, 0.29) is 0 Å². The Balaban J connectivity index is 1.94. The van der Waals surface area contributed by atoms with Crippen molar-refractivity contribution in [1.29, 1.82) is 0 Å². The average Bonchev–Trinajstić information content (AvgIpc) is 3.04. The second-order valence-electron chi connectivity index (χ2n) is 4.13. The fourth-order valence-corrected chi connectivity index (χ4v) is 2.36. The van der Waals surface area contributed by atoms with Gasteiger partial charge >= 0.3 is 0 Å². The highest BCUT2D eigenvalue weighted by Gasteiger charge is 2.09. The zero-order valence-electron chi connectivity index (χ0n) is 10.9. The number of thiazole rings is 1. The summed E-state index contributed by atoms with van der Waals surface area (Å²) in [5.41, 5.74) is 3.44. The molecule has 0 aliphatic heterocycles. The lowest BCUT2D eigenvalue weighted by Crippen LogP contribution is -2.09. The Hall–Kier alpha value is -2.24. The molecule has 3 aromatic rings. The number of nitrogens with zero attached hydrogens (tertiary/aromatic N) is 4. The van der Waals surface area contributed by atoms with Crippen LogP contribution in [0.3, 0.4) is 0 Å². The molecular formula is C15H11ClN4S. The number of hydrazone groups is 1. The van der Waals surface area contributed by atoms with Gasteiger partial charge in [-0.2, -0.15) is 5.10 Å². The largest absolute Gasteiger partial charge is 0.255 e. The summed E-state index contributed by atoms with van der Waals surface area (Å²) in [4.78, 5) is 8.53. The lowest BCUT2D eigenvalue weighted by Gasteiger charge is -2.16. The molecule has 0 saturated heterocycles. The van der Waals surface area contributed by atoms with Gasteiger partial charge in [-0.15, -0.1) is 11.3 Å². The molecule has 0 aliphatic carbocycles. The minimum Gasteiger partial charge on any atom is -0.255 e. The Bertz CT molecular complexity index is 711. The first-order chi connectivity index (χ1) is 10.3. The van der Waals surface area contributed by atoms with Gasteiger partial charge in [0.25, 0.3) is 0 Å². The molecule has 0 N–H and O–H groups in total. The molecule has 0 spiro atoms. The molecule has 0 amide bonds. The Labute approximate surface area is 131 Å². The van der Waals surface area contributed by atoms with E-state index in [1.54, 1.807) is 22.9 Å². The van der Waals surface area contributed by atoms with E-state index < -0.39 is 0 Å². The number of hydrogen-bond donors (Lipinski definition) is 0. The lowest BCUT2D eigenvalue weighted by atomic mass is 10.3. The minimum atomic E-state index is 0.686. The molecular weight excluding hydrogens is 304 g/mol. The van der Waals surface area contributed by atoms with Gasteiger partial charge in [-0.25, -0.2) is 9.99 Å². The maximum Gasteiger partial charge on any atom is 0.164 e. The van der Waals surface area contributed by atoms with Crippen LogP contribution in [0, 0.1) is 0 Å². The topological polar surface area (TPSA) is 41.4 Å². The molecule has 1 aromatic carbocycles. The molecule has 4 nitrogen and oxygen atoms in total. The second-order valence-corrected chi connectivity index (χ2v) is 5.29. The zero-order valence-corrected chi connectivity index (χ0v) is 12.5. The summed E-state index contributed by atoms with van der Waals surface area (Å²) in [6.07, 6.45) is 3.44. The van der Waals surface area contributed by atoms with Gasteiger partial charge in [0, 0.05) is 16.6 Å². The maximum absolute atomic E-state index is 5.93. The summed E-state index contributed by atoms with van der Waals surface area (Å²) in [6, 6.07) is 13.1. The predicted molar refractivity (Wildman–Crippen MR) is 87.5 cm³/mol. The fraction of sp³-hybridized carbons (Fsp3) is 0. The first-order valence-electron chi connectivity index (χ1n) is 6.22. The molecule has 0 bridgehead atoms. The van der Waals surface area contributed by atoms with E-state index in [0.717, 1.165) is 17.2 Å². The molecule has 21 heavy (non-hydrogen) atoms. The number of halogens is 1. The van der Waals surface area contributed by atoms with Gasteiger partial charge in [0.1, 0.15) is 0 Å². The van der Waals surface area contributed by atoms with Crippen LogP contribution in [-0.2, 0) is 0 Å². The van der Waals surface area contributed by atoms with Crippen LogP contribution in [0.5, 0.6) is 0 Å². The monoisotopic (exact) mass is 314 g/mol. The minimum absolute atomic E-state index is 0.686. The van der Waals surface area contributed by atoms with Crippen molar-refractivity contribution in [3.8, 4) is 0 Å². The van der Waals surface area contributed by atoms with Crippen molar-refractivity contribution in [3.63, 3.8) is 0 Å². The fourth-order valence-electron chi connectivity index (χ4n) is 1.72. The Morgan fingerprint density at radius 1 is 1.10 bits per heavy atom. The van der Waals surface area contributed by atoms with Crippen LogP contribution in [-0.4, -0.2) is 16.2 Å². The molecule has 104 valence electrons. The normalized spacial score (nSPS) is 10.9. The highest BCUT2D eigenvalue weighted by Crippen LogP contribution is 2.26. The Morgan fingerprint density at radius 2 is 1.95 bits per heavy atom. The highest BCUT2D eigenvalue weighted by molar-refractivity contribution is 7.07. The van der Waals surface area contributed by atoms with Crippen LogP contribution < -0.4 is 5.01 Å². The molecule has 0 fully saturated rings. The SMILES string of the molecule is Clc1ccc(N(/N=C/c2ccccn2)c2cscn2)cc1. The van der Waals surface area contributed by atoms with Crippen molar-refractivity contribution in [3.05, 3.63) is 70.3 Å². The van der Waals surface area contributed by atoms with Gasteiger partial charge in [-0.05, 0) is 36.4 Å². The van der Waals surface area contributed by atoms with Crippen LogP contribution in [0.15, 0.2) is 64.7 Å². The summed E-state index contributed by atoms with van der Waals surface area (Å²) < 4.78 is 0. The van der Waals surface area contributed by atoms with Gasteiger partial charge in [-0.3, -0.25) is 4.98 Å². The first-order valence-corrected chi connectivity index (χ1v) is 7.54. The first kappa shape index (κ1) is 13.7. The van der Waals surface area contributed by atoms with Crippen LogP contribution in [0.4, 0.5) is 11.5 Å². The van der Waals surface area contributed by atoms with Gasteiger partial charge in [0.05, 0.1) is 23.1 Å². The third-order valence-electron chi connectivity index (χ3n) is 2.70. The molecule has 2 heterocycles. The van der Waals surface area contributed by atoms with E-state index in [1.165, 1.54) is 11.3 Å². The summed E-state index contributed by atoms with van der Waals surface area (Å²) in [5, 5.41) is 8.86. The van der Waals surface area contributed by atoms with Crippen molar-refractivity contribution in [2.24, 2.45) is 5.10 Å². The van der Waals surface area contributed by atoms with Crippen molar-refractivity contribution < 1.29 is 0 Å². The molecule has 0 atom stereocenters. The number of hydrogen-bond acceptors (Lipinski definition) is 5. The third-order valence-corrected chi connectivity index (χ3v) is 3.53. The maximum atomic E-state index is 5.93. The summed E-state index contributed by atoms with van der Waals surface area (Å²) >= 11 is 7.45. The van der Waals surface area contributed by atoms with E-state index >= 15 is 0 Å². The van der Waals surface area contributed by atoms with Crippen molar-refractivity contribution in [2.75, 3.05) is 5.01 Å². The second kappa shape index (κ2) is 6.47. The highest BCUT2D eigenvalue weighted by atomic mass is 35.5. The molecule has 0 saturated carbocycles. The molecule has 2 aromatic heterocycles. The van der Waals surface area contributed by atoms with Crippen molar-refractivity contribution in [2.45, 2.75) is 0 Å². The smallest absolute Gasteiger partial charge is 0.164 e. The Morgan fingerprint density at radius 3 is 2.62 bits per heavy atom. The lowest BCUT2D eigenvalue weighted by molar-refractivity contribution is 1.05. The standard InChI is InChI=1S/C15H11ClN4S/c16-12-4-6-14(7-5-12)20(15-10-21-11-18-15)19-9-13-3-1-2-8-17-13/h1-11H/b19-9+. The average molecular weight is 315 g/mol. The van der Waals surface area contributed by atoms with E-state index in [1.807, 2.05) is 47.8 Å². The number of pyridine rings is 1. The van der Waals surface area contributed by atoms with Gasteiger partial charge in [0.2, 0.25) is 0 Å².